The number of nitrogens with zero attached hydrogens (tertiary/aromatic N) is 3. The maximum Gasteiger partial charge on any atom is 0.243 e. The quantitative estimate of drug-likeness (QED) is 0.932. The van der Waals surface area contributed by atoms with E-state index in [1.807, 2.05) is 6.07 Å². The van der Waals surface area contributed by atoms with Crippen molar-refractivity contribution in [3.8, 4) is 23.4 Å². The molecule has 0 radical (unpaired) electrons. The minimum absolute atomic E-state index is 0.197. The fourth-order valence-electron chi connectivity index (χ4n) is 1.47. The molecular formula is C13H11ClN4O2. The van der Waals surface area contributed by atoms with E-state index in [2.05, 4.69) is 15.3 Å². The lowest BCUT2D eigenvalue weighted by molar-refractivity contribution is 0.407. The van der Waals surface area contributed by atoms with Gasteiger partial charge in [-0.3, -0.25) is 0 Å². The van der Waals surface area contributed by atoms with Crippen LogP contribution >= 0.6 is 11.6 Å². The summed E-state index contributed by atoms with van der Waals surface area (Å²) in [4.78, 5) is 8.05. The molecule has 0 saturated heterocycles. The minimum Gasteiger partial charge on any atom is -0.497 e. The first-order chi connectivity index (χ1) is 9.66. The minimum atomic E-state index is 0.197. The Labute approximate surface area is 120 Å². The topological polar surface area (TPSA) is 80.1 Å². The molecule has 2 rings (SSSR count). The molecule has 0 aliphatic carbocycles. The molecule has 1 aromatic carbocycles. The van der Waals surface area contributed by atoms with Crippen molar-refractivity contribution in [2.45, 2.75) is 0 Å². The average Bonchev–Trinajstić information content (AvgIpc) is 2.49. The van der Waals surface area contributed by atoms with Gasteiger partial charge in [-0.1, -0.05) is 11.6 Å². The Kier molecular flexibility index (Phi) is 4.23. The molecule has 0 fully saturated rings. The second-order valence-electron chi connectivity index (χ2n) is 3.71. The number of benzene rings is 1. The first-order valence-electron chi connectivity index (χ1n) is 5.63. The van der Waals surface area contributed by atoms with E-state index in [1.54, 1.807) is 25.2 Å². The highest BCUT2D eigenvalue weighted by molar-refractivity contribution is 6.31. The van der Waals surface area contributed by atoms with Gasteiger partial charge in [0.05, 0.1) is 24.9 Å². The van der Waals surface area contributed by atoms with Crippen LogP contribution in [0, 0.1) is 11.3 Å². The maximum atomic E-state index is 8.96. The summed E-state index contributed by atoms with van der Waals surface area (Å²) in [7, 11) is 3.20. The van der Waals surface area contributed by atoms with Gasteiger partial charge in [-0.2, -0.15) is 10.2 Å². The lowest BCUT2D eigenvalue weighted by Gasteiger charge is -2.09. The fourth-order valence-corrected chi connectivity index (χ4v) is 1.60. The smallest absolute Gasteiger partial charge is 0.243 e. The van der Waals surface area contributed by atoms with Crippen molar-refractivity contribution in [2.24, 2.45) is 0 Å². The molecule has 1 aromatic heterocycles. The monoisotopic (exact) mass is 290 g/mol. The van der Waals surface area contributed by atoms with Crippen molar-refractivity contribution >= 4 is 17.5 Å². The zero-order valence-electron chi connectivity index (χ0n) is 10.8. The molecule has 102 valence electrons. The Bertz CT molecular complexity index is 670. The summed E-state index contributed by atoms with van der Waals surface area (Å²) in [5.41, 5.74) is 0.415. The highest BCUT2D eigenvalue weighted by Gasteiger charge is 2.09. The van der Waals surface area contributed by atoms with Crippen molar-refractivity contribution in [3.63, 3.8) is 0 Å². The number of methoxy groups -OCH3 is 1. The molecular weight excluding hydrogens is 280 g/mol. The molecule has 2 aromatic rings. The van der Waals surface area contributed by atoms with Crippen LogP contribution in [0.1, 0.15) is 5.56 Å². The second-order valence-corrected chi connectivity index (χ2v) is 4.11. The molecule has 7 heteroatoms. The Morgan fingerprint density at radius 1 is 1.30 bits per heavy atom. The van der Waals surface area contributed by atoms with Crippen LogP contribution in [0.4, 0.5) is 5.95 Å². The van der Waals surface area contributed by atoms with Gasteiger partial charge in [-0.05, 0) is 12.1 Å². The van der Waals surface area contributed by atoms with Gasteiger partial charge in [0, 0.05) is 13.1 Å². The summed E-state index contributed by atoms with van der Waals surface area (Å²) >= 11 is 5.98. The molecule has 0 saturated carbocycles. The van der Waals surface area contributed by atoms with Crippen molar-refractivity contribution in [1.82, 2.24) is 9.97 Å². The summed E-state index contributed by atoms with van der Waals surface area (Å²) in [5.74, 6) is 1.50. The van der Waals surface area contributed by atoms with Crippen LogP contribution in [0.5, 0.6) is 17.4 Å². The van der Waals surface area contributed by atoms with Crippen LogP contribution in [0.25, 0.3) is 0 Å². The number of aromatic nitrogens is 2. The van der Waals surface area contributed by atoms with Gasteiger partial charge in [-0.25, -0.2) is 4.98 Å². The lowest BCUT2D eigenvalue weighted by Crippen LogP contribution is -1.98. The van der Waals surface area contributed by atoms with Gasteiger partial charge >= 0.3 is 0 Å². The van der Waals surface area contributed by atoms with Crippen LogP contribution in [-0.2, 0) is 0 Å². The third kappa shape index (κ3) is 3.08. The molecule has 20 heavy (non-hydrogen) atoms. The SMILES string of the molecule is CNc1ncc(Cl)c(Oc2cc(C#N)cc(OC)c2)n1. The number of nitrogens with one attached hydrogen (secondary N) is 1. The number of rotatable bonds is 4. The van der Waals surface area contributed by atoms with E-state index in [4.69, 9.17) is 26.3 Å². The number of halogens is 1. The third-order valence-electron chi connectivity index (χ3n) is 2.39. The second kappa shape index (κ2) is 6.08. The standard InChI is InChI=1S/C13H11ClN4O2/c1-16-13-17-7-11(14)12(18-13)20-10-4-8(6-15)3-9(5-10)19-2/h3-5,7H,1-2H3,(H,16,17,18). The largest absolute Gasteiger partial charge is 0.497 e. The molecule has 0 atom stereocenters. The van der Waals surface area contributed by atoms with Crippen LogP contribution in [0.3, 0.4) is 0 Å². The van der Waals surface area contributed by atoms with Crippen LogP contribution < -0.4 is 14.8 Å². The maximum absolute atomic E-state index is 8.96. The third-order valence-corrected chi connectivity index (χ3v) is 2.65. The van der Waals surface area contributed by atoms with E-state index >= 15 is 0 Å². The van der Waals surface area contributed by atoms with Crippen LogP contribution in [-0.4, -0.2) is 24.1 Å². The van der Waals surface area contributed by atoms with E-state index in [1.165, 1.54) is 13.3 Å². The first kappa shape index (κ1) is 13.9. The fraction of sp³-hybridized carbons (Fsp3) is 0.154. The predicted molar refractivity (Wildman–Crippen MR) is 74.4 cm³/mol. The van der Waals surface area contributed by atoms with Gasteiger partial charge < -0.3 is 14.8 Å². The Morgan fingerprint density at radius 3 is 2.70 bits per heavy atom. The highest BCUT2D eigenvalue weighted by atomic mass is 35.5. The molecule has 0 aliphatic heterocycles. The van der Waals surface area contributed by atoms with Crippen LogP contribution in [0.15, 0.2) is 24.4 Å². The predicted octanol–water partition coefficient (Wildman–Crippen LogP) is 2.84. The Hall–Kier alpha value is -2.52. The summed E-state index contributed by atoms with van der Waals surface area (Å²) in [6, 6.07) is 6.84. The number of ether oxygens (including phenoxy) is 2. The Balaban J connectivity index is 2.37. The van der Waals surface area contributed by atoms with Gasteiger partial charge in [0.1, 0.15) is 16.5 Å². The molecule has 0 spiro atoms. The average molecular weight is 291 g/mol. The van der Waals surface area contributed by atoms with Gasteiger partial charge in [-0.15, -0.1) is 0 Å². The summed E-state index contributed by atoms with van der Waals surface area (Å²) in [6.07, 6.45) is 1.43. The highest BCUT2D eigenvalue weighted by Crippen LogP contribution is 2.30. The van der Waals surface area contributed by atoms with Gasteiger partial charge in [0.25, 0.3) is 0 Å². The van der Waals surface area contributed by atoms with Gasteiger partial charge in [0.15, 0.2) is 0 Å². The Morgan fingerprint density at radius 2 is 2.05 bits per heavy atom. The molecule has 6 nitrogen and oxygen atoms in total. The zero-order chi connectivity index (χ0) is 14.5. The molecule has 0 bridgehead atoms. The van der Waals surface area contributed by atoms with E-state index in [-0.39, 0.29) is 10.9 Å². The summed E-state index contributed by atoms with van der Waals surface area (Å²) < 4.78 is 10.7. The summed E-state index contributed by atoms with van der Waals surface area (Å²) in [5, 5.41) is 12.0. The molecule has 1 N–H and O–H groups in total. The van der Waals surface area contributed by atoms with E-state index in [0.717, 1.165) is 0 Å². The number of hydrogen-bond donors (Lipinski definition) is 1. The van der Waals surface area contributed by atoms with E-state index in [9.17, 15) is 0 Å². The molecule has 0 unspecified atom stereocenters. The van der Waals surface area contributed by atoms with E-state index in [0.29, 0.717) is 23.0 Å². The number of anilines is 1. The zero-order valence-corrected chi connectivity index (χ0v) is 11.6. The number of hydrogen-bond acceptors (Lipinski definition) is 6. The van der Waals surface area contributed by atoms with Crippen molar-refractivity contribution < 1.29 is 9.47 Å². The summed E-state index contributed by atoms with van der Waals surface area (Å²) in [6.45, 7) is 0. The van der Waals surface area contributed by atoms with E-state index < -0.39 is 0 Å². The van der Waals surface area contributed by atoms with Crippen molar-refractivity contribution in [2.75, 3.05) is 19.5 Å². The molecule has 0 aliphatic rings. The number of nitriles is 1. The molecule has 0 amide bonds. The van der Waals surface area contributed by atoms with Crippen molar-refractivity contribution in [1.29, 1.82) is 5.26 Å². The molecule has 1 heterocycles. The first-order valence-corrected chi connectivity index (χ1v) is 6.01. The lowest BCUT2D eigenvalue weighted by atomic mass is 10.2. The normalized spacial score (nSPS) is 9.70. The van der Waals surface area contributed by atoms with Gasteiger partial charge in [0.2, 0.25) is 11.8 Å². The van der Waals surface area contributed by atoms with Crippen molar-refractivity contribution in [3.05, 3.63) is 35.0 Å². The van der Waals surface area contributed by atoms with Crippen LogP contribution in [0.2, 0.25) is 5.02 Å².